The number of carbonyl (C=O) groups is 2. The van der Waals surface area contributed by atoms with E-state index in [1.165, 1.54) is 0 Å². The van der Waals surface area contributed by atoms with Gasteiger partial charge in [0.05, 0.1) is 38.1 Å². The minimum atomic E-state index is -0.394. The zero-order valence-corrected chi connectivity index (χ0v) is 16.5. The molecule has 0 aromatic heterocycles. The molecule has 3 rings (SSSR count). The average Bonchev–Trinajstić information content (AvgIpc) is 2.75. The molecular weight excluding hydrogens is 372 g/mol. The van der Waals surface area contributed by atoms with Crippen LogP contribution in [0.5, 0.6) is 0 Å². The molecule has 0 bridgehead atoms. The summed E-state index contributed by atoms with van der Waals surface area (Å²) in [4.78, 5) is 26.8. The van der Waals surface area contributed by atoms with Crippen molar-refractivity contribution < 1.29 is 24.5 Å². The van der Waals surface area contributed by atoms with Crippen molar-refractivity contribution in [2.75, 3.05) is 56.4 Å². The molecule has 1 heterocycles. The molecule has 1 aliphatic rings. The largest absolute Gasteiger partial charge is 0.316 e. The fraction of sp³-hybridized carbons (Fsp3) is 0.333. The monoisotopic (exact) mass is 399 g/mol. The first-order valence-corrected chi connectivity index (χ1v) is 9.58. The van der Waals surface area contributed by atoms with Crippen molar-refractivity contribution >= 4 is 23.2 Å². The summed E-state index contributed by atoms with van der Waals surface area (Å²) < 4.78 is 0.481. The van der Waals surface area contributed by atoms with Crippen molar-refractivity contribution in [2.24, 2.45) is 0 Å². The number of para-hydroxylation sites is 2. The molecular formula is C21H27N4O4+. The van der Waals surface area contributed by atoms with Gasteiger partial charge in [0, 0.05) is 13.1 Å². The predicted octanol–water partition coefficient (Wildman–Crippen LogP) is 1.59. The van der Waals surface area contributed by atoms with Gasteiger partial charge in [-0.2, -0.15) is 10.1 Å². The van der Waals surface area contributed by atoms with E-state index in [2.05, 4.69) is 0 Å². The number of hydroxylamine groups is 2. The number of quaternary nitrogens is 1. The standard InChI is InChI=1S/C21H27N4O4/c1-25(17-21(27)24(29)19-10-6-3-7-11-19)14-12-22(13-15-25)16-20(26)23(28)18-8-4-2-5-9-18/h2-11,28-29H,12-17H2,1H3/q+1. The highest BCUT2D eigenvalue weighted by Crippen LogP contribution is 2.16. The summed E-state index contributed by atoms with van der Waals surface area (Å²) >= 11 is 0. The highest BCUT2D eigenvalue weighted by atomic mass is 16.5. The molecule has 0 spiro atoms. The first-order chi connectivity index (χ1) is 13.9. The smallest absolute Gasteiger partial charge is 0.305 e. The molecule has 2 N–H and O–H groups in total. The number of amides is 2. The normalized spacial score (nSPS) is 16.2. The number of benzene rings is 2. The maximum Gasteiger partial charge on any atom is 0.305 e. The van der Waals surface area contributed by atoms with Gasteiger partial charge in [-0.05, 0) is 24.3 Å². The zero-order chi connectivity index (χ0) is 20.9. The van der Waals surface area contributed by atoms with Crippen molar-refractivity contribution in [1.29, 1.82) is 0 Å². The number of hydrogen-bond acceptors (Lipinski definition) is 5. The van der Waals surface area contributed by atoms with Gasteiger partial charge in [0.2, 0.25) is 0 Å². The number of likely N-dealkylation sites (N-methyl/N-ethyl adjacent to an activating group) is 1. The lowest BCUT2D eigenvalue weighted by Crippen LogP contribution is -2.61. The molecule has 0 radical (unpaired) electrons. The van der Waals surface area contributed by atoms with Gasteiger partial charge < -0.3 is 4.48 Å². The summed E-state index contributed by atoms with van der Waals surface area (Å²) in [7, 11) is 1.97. The van der Waals surface area contributed by atoms with E-state index in [1.54, 1.807) is 48.5 Å². The second-order valence-electron chi connectivity index (χ2n) is 7.58. The molecule has 1 aliphatic heterocycles. The van der Waals surface area contributed by atoms with Gasteiger partial charge in [-0.1, -0.05) is 36.4 Å². The second kappa shape index (κ2) is 9.15. The molecule has 29 heavy (non-hydrogen) atoms. The van der Waals surface area contributed by atoms with Gasteiger partial charge in [-0.3, -0.25) is 24.9 Å². The Morgan fingerprint density at radius 2 is 1.31 bits per heavy atom. The highest BCUT2D eigenvalue weighted by Gasteiger charge is 2.34. The lowest BCUT2D eigenvalue weighted by atomic mass is 10.2. The Bertz CT molecular complexity index is 823. The molecule has 0 unspecified atom stereocenters. The van der Waals surface area contributed by atoms with Gasteiger partial charge in [-0.25, -0.2) is 0 Å². The summed E-state index contributed by atoms with van der Waals surface area (Å²) in [6.07, 6.45) is 0. The molecule has 8 nitrogen and oxygen atoms in total. The van der Waals surface area contributed by atoms with Crippen LogP contribution in [0.15, 0.2) is 60.7 Å². The van der Waals surface area contributed by atoms with Crippen molar-refractivity contribution in [3.05, 3.63) is 60.7 Å². The van der Waals surface area contributed by atoms with Crippen LogP contribution < -0.4 is 10.1 Å². The Labute approximate surface area is 170 Å². The van der Waals surface area contributed by atoms with Crippen LogP contribution in [0.3, 0.4) is 0 Å². The minimum Gasteiger partial charge on any atom is -0.316 e. The molecule has 2 aromatic rings. The van der Waals surface area contributed by atoms with E-state index in [0.717, 1.165) is 0 Å². The Morgan fingerprint density at radius 1 is 0.862 bits per heavy atom. The van der Waals surface area contributed by atoms with Gasteiger partial charge in [0.25, 0.3) is 5.91 Å². The van der Waals surface area contributed by atoms with E-state index in [4.69, 9.17) is 0 Å². The minimum absolute atomic E-state index is 0.107. The second-order valence-corrected chi connectivity index (χ2v) is 7.58. The van der Waals surface area contributed by atoms with Crippen LogP contribution in [-0.2, 0) is 9.59 Å². The third kappa shape index (κ3) is 5.39. The van der Waals surface area contributed by atoms with Gasteiger partial charge in [-0.15, -0.1) is 0 Å². The Kier molecular flexibility index (Phi) is 6.60. The maximum atomic E-state index is 12.5. The summed E-state index contributed by atoms with van der Waals surface area (Å²) in [5.74, 6) is -0.761. The zero-order valence-electron chi connectivity index (χ0n) is 16.5. The van der Waals surface area contributed by atoms with Crippen LogP contribution in [0.4, 0.5) is 11.4 Å². The number of anilines is 2. The van der Waals surface area contributed by atoms with Crippen LogP contribution >= 0.6 is 0 Å². The molecule has 0 atom stereocenters. The van der Waals surface area contributed by atoms with E-state index in [0.29, 0.717) is 52.2 Å². The predicted molar refractivity (Wildman–Crippen MR) is 109 cm³/mol. The van der Waals surface area contributed by atoms with Gasteiger partial charge >= 0.3 is 5.91 Å². The average molecular weight is 399 g/mol. The topological polar surface area (TPSA) is 84.3 Å². The number of hydrogen-bond donors (Lipinski definition) is 2. The first-order valence-electron chi connectivity index (χ1n) is 9.58. The number of rotatable bonds is 6. The van der Waals surface area contributed by atoms with Crippen molar-refractivity contribution in [1.82, 2.24) is 4.90 Å². The third-order valence-electron chi connectivity index (χ3n) is 5.26. The summed E-state index contributed by atoms with van der Waals surface area (Å²) in [5.41, 5.74) is 0.877. The van der Waals surface area contributed by atoms with Crippen LogP contribution in [0.2, 0.25) is 0 Å². The van der Waals surface area contributed by atoms with Crippen molar-refractivity contribution in [2.45, 2.75) is 0 Å². The van der Waals surface area contributed by atoms with Gasteiger partial charge in [0.1, 0.15) is 0 Å². The summed E-state index contributed by atoms with van der Waals surface area (Å²) in [5, 5.41) is 21.6. The molecule has 154 valence electrons. The molecule has 2 aromatic carbocycles. The summed E-state index contributed by atoms with van der Waals surface area (Å²) in [6.45, 7) is 2.85. The molecule has 1 fully saturated rings. The van der Waals surface area contributed by atoms with Crippen molar-refractivity contribution in [3.63, 3.8) is 0 Å². The molecule has 0 saturated carbocycles. The van der Waals surface area contributed by atoms with E-state index in [-0.39, 0.29) is 19.0 Å². The van der Waals surface area contributed by atoms with Gasteiger partial charge in [0.15, 0.2) is 6.54 Å². The fourth-order valence-electron chi connectivity index (χ4n) is 3.38. The Balaban J connectivity index is 1.50. The number of piperazine rings is 1. The maximum absolute atomic E-state index is 12.5. The lowest BCUT2D eigenvalue weighted by molar-refractivity contribution is -0.906. The molecule has 8 heteroatoms. The van der Waals surface area contributed by atoms with Crippen LogP contribution in [0.25, 0.3) is 0 Å². The van der Waals surface area contributed by atoms with Crippen LogP contribution in [0.1, 0.15) is 0 Å². The first kappa shape index (κ1) is 20.9. The third-order valence-corrected chi connectivity index (χ3v) is 5.26. The fourth-order valence-corrected chi connectivity index (χ4v) is 3.38. The molecule has 1 saturated heterocycles. The SMILES string of the molecule is C[N+]1(CC(=O)N(O)c2ccccc2)CCN(CC(=O)N(O)c2ccccc2)CC1. The van der Waals surface area contributed by atoms with E-state index in [9.17, 15) is 20.0 Å². The molecule has 2 amide bonds. The summed E-state index contributed by atoms with van der Waals surface area (Å²) in [6, 6.07) is 17.4. The molecule has 0 aliphatic carbocycles. The Hall–Kier alpha value is -2.78. The van der Waals surface area contributed by atoms with Crippen LogP contribution in [-0.4, -0.2) is 77.9 Å². The van der Waals surface area contributed by atoms with E-state index in [1.807, 2.05) is 24.1 Å². The Morgan fingerprint density at radius 3 is 1.79 bits per heavy atom. The van der Waals surface area contributed by atoms with E-state index >= 15 is 0 Å². The highest BCUT2D eigenvalue weighted by molar-refractivity contribution is 5.92. The van der Waals surface area contributed by atoms with E-state index < -0.39 is 5.91 Å². The number of carbonyl (C=O) groups excluding carboxylic acids is 2. The quantitative estimate of drug-likeness (QED) is 0.438. The number of nitrogens with zero attached hydrogens (tertiary/aromatic N) is 4. The lowest BCUT2D eigenvalue weighted by Gasteiger charge is -2.41. The van der Waals surface area contributed by atoms with Crippen LogP contribution in [0, 0.1) is 0 Å². The van der Waals surface area contributed by atoms with Crippen molar-refractivity contribution in [3.8, 4) is 0 Å².